The van der Waals surface area contributed by atoms with E-state index in [4.69, 9.17) is 11.6 Å². The monoisotopic (exact) mass is 311 g/mol. The largest absolute Gasteiger partial charge is 0.382 e. The maximum atomic E-state index is 13.2. The summed E-state index contributed by atoms with van der Waals surface area (Å²) in [5.41, 5.74) is 0.943. The Bertz CT molecular complexity index is 410. The van der Waals surface area contributed by atoms with Crippen molar-refractivity contribution in [3.63, 3.8) is 0 Å². The first kappa shape index (κ1) is 16.6. The van der Waals surface area contributed by atoms with Crippen molar-refractivity contribution >= 4 is 17.3 Å². The van der Waals surface area contributed by atoms with Crippen molar-refractivity contribution in [3.05, 3.63) is 29.0 Å². The van der Waals surface area contributed by atoms with Crippen LogP contribution in [0.2, 0.25) is 5.02 Å². The molecule has 0 spiro atoms. The van der Waals surface area contributed by atoms with Gasteiger partial charge in [0.25, 0.3) is 0 Å². The quantitative estimate of drug-likeness (QED) is 0.651. The first-order valence-corrected chi connectivity index (χ1v) is 8.85. The molecule has 1 aromatic carbocycles. The fourth-order valence-electron chi connectivity index (χ4n) is 3.13. The number of hydrogen-bond acceptors (Lipinski definition) is 1. The van der Waals surface area contributed by atoms with Crippen molar-refractivity contribution in [2.24, 2.45) is 0 Å². The molecule has 0 heterocycles. The van der Waals surface area contributed by atoms with E-state index in [0.29, 0.717) is 6.04 Å². The molecular weight excluding hydrogens is 285 g/mol. The van der Waals surface area contributed by atoms with E-state index in [2.05, 4.69) is 5.32 Å². The third-order valence-electron chi connectivity index (χ3n) is 4.40. The minimum atomic E-state index is -0.346. The van der Waals surface area contributed by atoms with Crippen molar-refractivity contribution in [3.8, 4) is 0 Å². The Hall–Kier alpha value is -0.760. The fourth-order valence-corrected chi connectivity index (χ4v) is 3.31. The number of anilines is 1. The van der Waals surface area contributed by atoms with Gasteiger partial charge in [0.1, 0.15) is 5.82 Å². The average molecular weight is 312 g/mol. The highest BCUT2D eigenvalue weighted by Gasteiger charge is 2.10. The molecule has 1 N–H and O–H groups in total. The Balaban J connectivity index is 1.88. The number of nitrogens with one attached hydrogen (secondary N) is 1. The van der Waals surface area contributed by atoms with Gasteiger partial charge >= 0.3 is 0 Å². The van der Waals surface area contributed by atoms with E-state index in [9.17, 15) is 4.39 Å². The summed E-state index contributed by atoms with van der Waals surface area (Å²) in [5, 5.41) is 3.75. The molecule has 0 atom stereocenters. The third kappa shape index (κ3) is 6.25. The van der Waals surface area contributed by atoms with Gasteiger partial charge in [-0.1, -0.05) is 69.4 Å². The van der Waals surface area contributed by atoms with Crippen molar-refractivity contribution in [2.45, 2.75) is 76.7 Å². The molecule has 3 heteroatoms. The van der Waals surface area contributed by atoms with Gasteiger partial charge in [-0.15, -0.1) is 0 Å². The molecule has 1 fully saturated rings. The van der Waals surface area contributed by atoms with Crippen LogP contribution in [0.25, 0.3) is 0 Å². The lowest BCUT2D eigenvalue weighted by molar-refractivity contribution is 0.480. The predicted octanol–water partition coefficient (Wildman–Crippen LogP) is 6.56. The molecule has 0 radical (unpaired) electrons. The molecule has 1 saturated carbocycles. The first-order chi connectivity index (χ1) is 10.3. The number of rotatable bonds is 2. The number of halogens is 2. The van der Waals surface area contributed by atoms with E-state index in [1.54, 1.807) is 12.1 Å². The summed E-state index contributed by atoms with van der Waals surface area (Å²) in [6.07, 6.45) is 14.6. The number of benzene rings is 1. The van der Waals surface area contributed by atoms with Crippen LogP contribution in [0, 0.1) is 5.82 Å². The molecule has 0 aliphatic heterocycles. The highest BCUT2D eigenvalue weighted by atomic mass is 35.5. The second kappa shape index (κ2) is 9.30. The van der Waals surface area contributed by atoms with Crippen LogP contribution in [-0.2, 0) is 0 Å². The molecule has 2 rings (SSSR count). The molecule has 0 aromatic heterocycles. The molecule has 21 heavy (non-hydrogen) atoms. The van der Waals surface area contributed by atoms with Gasteiger partial charge in [-0.3, -0.25) is 0 Å². The zero-order valence-corrected chi connectivity index (χ0v) is 13.6. The van der Waals surface area contributed by atoms with E-state index >= 15 is 0 Å². The Morgan fingerprint density at radius 2 is 1.38 bits per heavy atom. The normalized spacial score (nSPS) is 19.5. The summed E-state index contributed by atoms with van der Waals surface area (Å²) >= 11 is 5.86. The van der Waals surface area contributed by atoms with Gasteiger partial charge in [-0.25, -0.2) is 4.39 Å². The Morgan fingerprint density at radius 1 is 0.857 bits per heavy atom. The summed E-state index contributed by atoms with van der Waals surface area (Å²) < 4.78 is 13.2. The van der Waals surface area contributed by atoms with E-state index < -0.39 is 0 Å². The first-order valence-electron chi connectivity index (χ1n) is 8.47. The van der Waals surface area contributed by atoms with Crippen LogP contribution in [0.5, 0.6) is 0 Å². The summed E-state index contributed by atoms with van der Waals surface area (Å²) in [6.45, 7) is 0. The second-order valence-corrected chi connectivity index (χ2v) is 6.64. The lowest BCUT2D eigenvalue weighted by Crippen LogP contribution is -2.19. The maximum absolute atomic E-state index is 13.2. The summed E-state index contributed by atoms with van der Waals surface area (Å²) in [4.78, 5) is 0. The van der Waals surface area contributed by atoms with Crippen LogP contribution in [0.4, 0.5) is 10.1 Å². The van der Waals surface area contributed by atoms with Crippen molar-refractivity contribution in [1.29, 1.82) is 0 Å². The van der Waals surface area contributed by atoms with Gasteiger partial charge in [0.05, 0.1) is 5.02 Å². The van der Waals surface area contributed by atoms with Crippen LogP contribution in [0.3, 0.4) is 0 Å². The Kier molecular flexibility index (Phi) is 7.35. The van der Waals surface area contributed by atoms with E-state index in [0.717, 1.165) is 5.69 Å². The SMILES string of the molecule is Fc1ccc(NC2CCCCCCCCCCC2)cc1Cl. The Morgan fingerprint density at radius 3 is 1.90 bits per heavy atom. The molecule has 0 bridgehead atoms. The molecule has 0 saturated heterocycles. The number of hydrogen-bond donors (Lipinski definition) is 1. The van der Waals surface area contributed by atoms with Crippen LogP contribution < -0.4 is 5.32 Å². The zero-order chi connectivity index (χ0) is 14.9. The van der Waals surface area contributed by atoms with E-state index in [1.165, 1.54) is 76.7 Å². The predicted molar refractivity (Wildman–Crippen MR) is 89.6 cm³/mol. The van der Waals surface area contributed by atoms with Gasteiger partial charge in [0, 0.05) is 11.7 Å². The van der Waals surface area contributed by atoms with E-state index in [-0.39, 0.29) is 10.8 Å². The summed E-state index contributed by atoms with van der Waals surface area (Å²) in [5.74, 6) is -0.346. The second-order valence-electron chi connectivity index (χ2n) is 6.23. The van der Waals surface area contributed by atoms with Crippen molar-refractivity contribution in [1.82, 2.24) is 0 Å². The minimum Gasteiger partial charge on any atom is -0.382 e. The zero-order valence-electron chi connectivity index (χ0n) is 12.8. The molecule has 0 unspecified atom stereocenters. The molecule has 118 valence electrons. The van der Waals surface area contributed by atoms with Crippen LogP contribution in [0.1, 0.15) is 70.6 Å². The molecular formula is C18H27ClFN. The third-order valence-corrected chi connectivity index (χ3v) is 4.69. The average Bonchev–Trinajstić information content (AvgIpc) is 2.46. The van der Waals surface area contributed by atoms with Crippen LogP contribution in [0.15, 0.2) is 18.2 Å². The maximum Gasteiger partial charge on any atom is 0.141 e. The fraction of sp³-hybridized carbons (Fsp3) is 0.667. The minimum absolute atomic E-state index is 0.202. The van der Waals surface area contributed by atoms with E-state index in [1.807, 2.05) is 0 Å². The van der Waals surface area contributed by atoms with Crippen LogP contribution in [-0.4, -0.2) is 6.04 Å². The standard InChI is InChI=1S/C18H27ClFN/c19-17-14-16(12-13-18(17)20)21-15-10-8-6-4-2-1-3-5-7-9-11-15/h12-15,21H,1-11H2. The van der Waals surface area contributed by atoms with Gasteiger partial charge < -0.3 is 5.32 Å². The molecule has 0 amide bonds. The molecule has 1 nitrogen and oxygen atoms in total. The van der Waals surface area contributed by atoms with Crippen LogP contribution >= 0.6 is 11.6 Å². The van der Waals surface area contributed by atoms with Gasteiger partial charge in [0.2, 0.25) is 0 Å². The smallest absolute Gasteiger partial charge is 0.141 e. The summed E-state index contributed by atoms with van der Waals surface area (Å²) in [7, 11) is 0. The Labute approximate surface area is 133 Å². The van der Waals surface area contributed by atoms with Crippen molar-refractivity contribution < 1.29 is 4.39 Å². The molecule has 1 aliphatic rings. The highest BCUT2D eigenvalue weighted by molar-refractivity contribution is 6.31. The molecule has 1 aromatic rings. The van der Waals surface area contributed by atoms with Gasteiger partial charge in [-0.05, 0) is 31.0 Å². The molecule has 1 aliphatic carbocycles. The summed E-state index contributed by atoms with van der Waals surface area (Å²) in [6, 6.07) is 5.43. The van der Waals surface area contributed by atoms with Gasteiger partial charge in [-0.2, -0.15) is 0 Å². The highest BCUT2D eigenvalue weighted by Crippen LogP contribution is 2.23. The lowest BCUT2D eigenvalue weighted by atomic mass is 9.98. The topological polar surface area (TPSA) is 12.0 Å². The van der Waals surface area contributed by atoms with Crippen molar-refractivity contribution in [2.75, 3.05) is 5.32 Å². The van der Waals surface area contributed by atoms with Gasteiger partial charge in [0.15, 0.2) is 0 Å². The lowest BCUT2D eigenvalue weighted by Gasteiger charge is -2.21.